The fourth-order valence-corrected chi connectivity index (χ4v) is 4.81. The van der Waals surface area contributed by atoms with E-state index in [1.807, 2.05) is 40.8 Å². The molecule has 1 aliphatic rings. The molecule has 8 heteroatoms. The van der Waals surface area contributed by atoms with Crippen molar-refractivity contribution in [1.29, 1.82) is 0 Å². The molecule has 0 fully saturated rings. The molecule has 1 aliphatic heterocycles. The van der Waals surface area contributed by atoms with E-state index < -0.39 is 0 Å². The predicted molar refractivity (Wildman–Crippen MR) is 107 cm³/mol. The van der Waals surface area contributed by atoms with E-state index in [2.05, 4.69) is 21.6 Å². The molecular formula is C19H20N4O2S2. The second kappa shape index (κ2) is 7.74. The summed E-state index contributed by atoms with van der Waals surface area (Å²) in [5.74, 6) is 2.09. The normalized spacial score (nSPS) is 13.5. The third-order valence-electron chi connectivity index (χ3n) is 4.67. The average molecular weight is 401 g/mol. The van der Waals surface area contributed by atoms with Gasteiger partial charge in [-0.15, -0.1) is 21.5 Å². The lowest BCUT2D eigenvalue weighted by atomic mass is 10.1. The molecule has 0 atom stereocenters. The summed E-state index contributed by atoms with van der Waals surface area (Å²) in [6.07, 6.45) is 0.953. The summed E-state index contributed by atoms with van der Waals surface area (Å²) in [5, 5.41) is 11.4. The van der Waals surface area contributed by atoms with Crippen LogP contribution in [0.5, 0.6) is 5.75 Å². The zero-order chi connectivity index (χ0) is 18.8. The highest BCUT2D eigenvalue weighted by Crippen LogP contribution is 2.27. The Kier molecular flexibility index (Phi) is 5.18. The second-order valence-electron chi connectivity index (χ2n) is 6.32. The second-order valence-corrected chi connectivity index (χ2v) is 8.26. The average Bonchev–Trinajstić information content (AvgIpc) is 3.32. The topological polar surface area (TPSA) is 60.3 Å². The van der Waals surface area contributed by atoms with Gasteiger partial charge in [-0.1, -0.05) is 11.8 Å². The van der Waals surface area contributed by atoms with Crippen molar-refractivity contribution in [2.24, 2.45) is 7.05 Å². The lowest BCUT2D eigenvalue weighted by Gasteiger charge is -2.26. The predicted octanol–water partition coefficient (Wildman–Crippen LogP) is 3.23. The summed E-state index contributed by atoms with van der Waals surface area (Å²) < 4.78 is 7.11. The molecule has 140 valence electrons. The van der Waals surface area contributed by atoms with Gasteiger partial charge < -0.3 is 14.2 Å². The van der Waals surface area contributed by atoms with Crippen molar-refractivity contribution in [3.05, 3.63) is 46.2 Å². The number of hydrogen-bond donors (Lipinski definition) is 0. The van der Waals surface area contributed by atoms with Gasteiger partial charge in [0.2, 0.25) is 5.91 Å². The Bertz CT molecular complexity index is 949. The summed E-state index contributed by atoms with van der Waals surface area (Å²) in [4.78, 5) is 15.9. The summed E-state index contributed by atoms with van der Waals surface area (Å²) in [7, 11) is 3.56. The third kappa shape index (κ3) is 3.72. The van der Waals surface area contributed by atoms with Crippen molar-refractivity contribution in [3.8, 4) is 17.1 Å². The van der Waals surface area contributed by atoms with Gasteiger partial charge in [0.1, 0.15) is 5.75 Å². The first-order valence-electron chi connectivity index (χ1n) is 8.65. The molecule has 1 amide bonds. The number of rotatable bonds is 5. The number of fused-ring (bicyclic) bond motifs is 1. The molecule has 0 saturated carbocycles. The Morgan fingerprint density at radius 3 is 2.85 bits per heavy atom. The van der Waals surface area contributed by atoms with Gasteiger partial charge >= 0.3 is 0 Å². The maximum Gasteiger partial charge on any atom is 0.233 e. The van der Waals surface area contributed by atoms with Crippen molar-refractivity contribution < 1.29 is 9.53 Å². The molecular weight excluding hydrogens is 380 g/mol. The minimum atomic E-state index is 0.144. The van der Waals surface area contributed by atoms with E-state index in [4.69, 9.17) is 4.74 Å². The van der Waals surface area contributed by atoms with Crippen LogP contribution in [0, 0.1) is 0 Å². The van der Waals surface area contributed by atoms with Crippen LogP contribution in [0.4, 0.5) is 0 Å². The van der Waals surface area contributed by atoms with Gasteiger partial charge in [-0.25, -0.2) is 0 Å². The van der Waals surface area contributed by atoms with E-state index in [1.54, 1.807) is 18.4 Å². The first kappa shape index (κ1) is 18.1. The van der Waals surface area contributed by atoms with Crippen molar-refractivity contribution in [2.75, 3.05) is 19.4 Å². The highest BCUT2D eigenvalue weighted by Gasteiger charge is 2.22. The number of methoxy groups -OCH3 is 1. The lowest BCUT2D eigenvalue weighted by molar-refractivity contribution is -0.129. The maximum atomic E-state index is 12.6. The molecule has 3 aromatic rings. The van der Waals surface area contributed by atoms with Crippen LogP contribution in [-0.4, -0.2) is 45.0 Å². The van der Waals surface area contributed by atoms with Crippen molar-refractivity contribution in [1.82, 2.24) is 19.7 Å². The number of hydrogen-bond acceptors (Lipinski definition) is 6. The van der Waals surface area contributed by atoms with E-state index in [-0.39, 0.29) is 5.91 Å². The Hall–Kier alpha value is -2.32. The molecule has 27 heavy (non-hydrogen) atoms. The van der Waals surface area contributed by atoms with E-state index in [0.29, 0.717) is 12.3 Å². The molecule has 0 radical (unpaired) electrons. The molecule has 0 aliphatic carbocycles. The van der Waals surface area contributed by atoms with E-state index in [9.17, 15) is 4.79 Å². The Morgan fingerprint density at radius 2 is 2.07 bits per heavy atom. The molecule has 3 heterocycles. The highest BCUT2D eigenvalue weighted by atomic mass is 32.2. The number of thiophene rings is 1. The molecule has 4 rings (SSSR count). The molecule has 0 N–H and O–H groups in total. The van der Waals surface area contributed by atoms with Crippen LogP contribution in [0.25, 0.3) is 11.4 Å². The van der Waals surface area contributed by atoms with Gasteiger partial charge in [-0.05, 0) is 47.7 Å². The number of ether oxygens (including phenoxy) is 1. The number of thioether (sulfide) groups is 1. The van der Waals surface area contributed by atoms with Crippen LogP contribution in [0.3, 0.4) is 0 Å². The third-order valence-corrected chi connectivity index (χ3v) is 6.70. The van der Waals surface area contributed by atoms with Gasteiger partial charge in [0.25, 0.3) is 0 Å². The number of amides is 1. The van der Waals surface area contributed by atoms with Gasteiger partial charge in [-0.3, -0.25) is 4.79 Å². The number of nitrogens with zero attached hydrogens (tertiary/aromatic N) is 4. The monoisotopic (exact) mass is 400 g/mol. The number of benzene rings is 1. The fraction of sp³-hybridized carbons (Fsp3) is 0.316. The molecule has 0 unspecified atom stereocenters. The minimum Gasteiger partial charge on any atom is -0.497 e. The van der Waals surface area contributed by atoms with Crippen LogP contribution >= 0.6 is 23.1 Å². The summed E-state index contributed by atoms with van der Waals surface area (Å²) in [6.45, 7) is 1.51. The van der Waals surface area contributed by atoms with Crippen LogP contribution in [0.2, 0.25) is 0 Å². The Labute approximate surface area is 166 Å². The maximum absolute atomic E-state index is 12.6. The molecule has 0 spiro atoms. The van der Waals surface area contributed by atoms with Crippen LogP contribution in [-0.2, 0) is 24.8 Å². The molecule has 6 nitrogen and oxygen atoms in total. The van der Waals surface area contributed by atoms with Crippen LogP contribution in [0.1, 0.15) is 10.4 Å². The summed E-state index contributed by atoms with van der Waals surface area (Å²) >= 11 is 3.21. The molecule has 0 saturated heterocycles. The van der Waals surface area contributed by atoms with Crippen molar-refractivity contribution in [3.63, 3.8) is 0 Å². The molecule has 0 bridgehead atoms. The van der Waals surface area contributed by atoms with Crippen molar-refractivity contribution in [2.45, 2.75) is 18.1 Å². The zero-order valence-electron chi connectivity index (χ0n) is 15.2. The zero-order valence-corrected chi connectivity index (χ0v) is 16.8. The van der Waals surface area contributed by atoms with E-state index in [1.165, 1.54) is 22.2 Å². The number of aromatic nitrogens is 3. The first-order valence-corrected chi connectivity index (χ1v) is 10.5. The standard InChI is InChI=1S/C19H20N4O2S2/c1-22-18(13-3-5-15(25-2)6-4-13)20-21-19(22)27-12-17(24)23-9-7-16-14(11-23)8-10-26-16/h3-6,8,10H,7,9,11-12H2,1-2H3. The minimum absolute atomic E-state index is 0.144. The van der Waals surface area contributed by atoms with Crippen LogP contribution in [0.15, 0.2) is 40.9 Å². The number of carbonyl (C=O) groups is 1. The van der Waals surface area contributed by atoms with Crippen molar-refractivity contribution >= 4 is 29.0 Å². The SMILES string of the molecule is COc1ccc(-c2nnc(SCC(=O)N3CCc4sccc4C3)n2C)cc1. The Balaban J connectivity index is 1.40. The summed E-state index contributed by atoms with van der Waals surface area (Å²) in [6, 6.07) is 9.82. The quantitative estimate of drug-likeness (QED) is 0.616. The van der Waals surface area contributed by atoms with E-state index in [0.717, 1.165) is 35.3 Å². The summed E-state index contributed by atoms with van der Waals surface area (Å²) in [5.41, 5.74) is 2.25. The lowest BCUT2D eigenvalue weighted by Crippen LogP contribution is -2.36. The largest absolute Gasteiger partial charge is 0.497 e. The highest BCUT2D eigenvalue weighted by molar-refractivity contribution is 7.99. The molecule has 2 aromatic heterocycles. The van der Waals surface area contributed by atoms with E-state index >= 15 is 0 Å². The smallest absolute Gasteiger partial charge is 0.233 e. The number of carbonyl (C=O) groups excluding carboxylic acids is 1. The first-order chi connectivity index (χ1) is 13.2. The van der Waals surface area contributed by atoms with Crippen LogP contribution < -0.4 is 4.74 Å². The van der Waals surface area contributed by atoms with Gasteiger partial charge in [0, 0.05) is 30.6 Å². The molecule has 1 aromatic carbocycles. The van der Waals surface area contributed by atoms with Gasteiger partial charge in [0.05, 0.1) is 12.9 Å². The Morgan fingerprint density at radius 1 is 1.26 bits per heavy atom. The van der Waals surface area contributed by atoms with Gasteiger partial charge in [-0.2, -0.15) is 0 Å². The van der Waals surface area contributed by atoms with Gasteiger partial charge in [0.15, 0.2) is 11.0 Å². The fourth-order valence-electron chi connectivity index (χ4n) is 3.11.